The second-order valence-electron chi connectivity index (χ2n) is 8.27. The van der Waals surface area contributed by atoms with Gasteiger partial charge >= 0.3 is 0 Å². The summed E-state index contributed by atoms with van der Waals surface area (Å²) in [5, 5.41) is 0. The molecule has 30 heavy (non-hydrogen) atoms. The Morgan fingerprint density at radius 2 is 1.70 bits per heavy atom. The molecule has 2 amide bonds. The third-order valence-corrected chi connectivity index (χ3v) is 8.39. The average molecular weight is 435 g/mol. The summed E-state index contributed by atoms with van der Waals surface area (Å²) in [6, 6.07) is 4.30. The van der Waals surface area contributed by atoms with E-state index in [1.54, 1.807) is 18.2 Å². The maximum absolute atomic E-state index is 13.3. The van der Waals surface area contributed by atoms with Crippen molar-refractivity contribution < 1.29 is 18.0 Å². The fourth-order valence-corrected chi connectivity index (χ4v) is 6.32. The van der Waals surface area contributed by atoms with Gasteiger partial charge in [0.05, 0.1) is 4.90 Å². The third kappa shape index (κ3) is 3.74. The molecule has 0 unspecified atom stereocenters. The highest BCUT2D eigenvalue weighted by Gasteiger charge is 2.40. The highest BCUT2D eigenvalue weighted by molar-refractivity contribution is 7.89. The minimum absolute atomic E-state index is 0.0545. The van der Waals surface area contributed by atoms with Gasteiger partial charge in [0.15, 0.2) is 0 Å². The first-order valence-corrected chi connectivity index (χ1v) is 12.2. The van der Waals surface area contributed by atoms with Crippen molar-refractivity contribution in [3.8, 4) is 0 Å². The Hall–Kier alpha value is -1.97. The van der Waals surface area contributed by atoms with Gasteiger partial charge < -0.3 is 9.80 Å². The molecule has 3 aliphatic heterocycles. The van der Waals surface area contributed by atoms with Crippen molar-refractivity contribution in [2.75, 3.05) is 50.7 Å². The fourth-order valence-electron chi connectivity index (χ4n) is 4.75. The molecule has 2 saturated heterocycles. The van der Waals surface area contributed by atoms with E-state index >= 15 is 0 Å². The second-order valence-corrected chi connectivity index (χ2v) is 10.2. The Kier molecular flexibility index (Phi) is 5.87. The van der Waals surface area contributed by atoms with Crippen molar-refractivity contribution in [1.29, 1.82) is 0 Å². The van der Waals surface area contributed by atoms with Crippen LogP contribution in [-0.2, 0) is 26.0 Å². The predicted octanol–water partition coefficient (Wildman–Crippen LogP) is 0.913. The highest BCUT2D eigenvalue weighted by atomic mass is 32.2. The number of sulfonamides is 1. The van der Waals surface area contributed by atoms with E-state index in [1.165, 1.54) is 16.1 Å². The Bertz CT molecular complexity index is 934. The van der Waals surface area contributed by atoms with Crippen molar-refractivity contribution >= 4 is 27.5 Å². The molecule has 164 valence electrons. The number of fused-ring (bicyclic) bond motifs is 1. The Morgan fingerprint density at radius 1 is 1.03 bits per heavy atom. The van der Waals surface area contributed by atoms with Crippen LogP contribution in [0, 0.1) is 0 Å². The van der Waals surface area contributed by atoms with Crippen LogP contribution in [0.1, 0.15) is 32.3 Å². The van der Waals surface area contributed by atoms with E-state index in [9.17, 15) is 18.0 Å². The molecule has 2 fully saturated rings. The topological polar surface area (TPSA) is 81.2 Å². The smallest absolute Gasteiger partial charge is 0.246 e. The number of benzene rings is 1. The molecule has 8 nitrogen and oxygen atoms in total. The van der Waals surface area contributed by atoms with E-state index in [0.717, 1.165) is 38.0 Å². The second kappa shape index (κ2) is 8.28. The molecule has 3 aliphatic rings. The summed E-state index contributed by atoms with van der Waals surface area (Å²) in [7, 11) is -3.54. The van der Waals surface area contributed by atoms with Gasteiger partial charge in [-0.05, 0) is 43.1 Å². The van der Waals surface area contributed by atoms with Gasteiger partial charge in [-0.25, -0.2) is 8.42 Å². The van der Waals surface area contributed by atoms with Gasteiger partial charge in [-0.1, -0.05) is 6.92 Å². The number of nitrogens with zero attached hydrogens (tertiary/aromatic N) is 4. The maximum atomic E-state index is 13.3. The van der Waals surface area contributed by atoms with Crippen LogP contribution >= 0.6 is 0 Å². The van der Waals surface area contributed by atoms with E-state index in [2.05, 4.69) is 11.8 Å². The van der Waals surface area contributed by atoms with Gasteiger partial charge in [0.1, 0.15) is 6.04 Å². The number of amides is 2. The number of carbonyl (C=O) groups excluding carboxylic acids is 2. The average Bonchev–Trinajstić information content (AvgIpc) is 3.41. The minimum atomic E-state index is -3.54. The molecule has 0 aromatic heterocycles. The summed E-state index contributed by atoms with van der Waals surface area (Å²) in [6.45, 7) is 8.59. The number of carbonyl (C=O) groups is 2. The van der Waals surface area contributed by atoms with Crippen molar-refractivity contribution in [3.63, 3.8) is 0 Å². The van der Waals surface area contributed by atoms with E-state index in [4.69, 9.17) is 0 Å². The maximum Gasteiger partial charge on any atom is 0.246 e. The summed E-state index contributed by atoms with van der Waals surface area (Å²) in [5.74, 6) is -0.254. The summed E-state index contributed by atoms with van der Waals surface area (Å²) >= 11 is 0. The number of hydrogen-bond donors (Lipinski definition) is 0. The first-order valence-electron chi connectivity index (χ1n) is 10.8. The largest absolute Gasteiger partial charge is 0.338 e. The van der Waals surface area contributed by atoms with Gasteiger partial charge in [0.2, 0.25) is 21.8 Å². The molecule has 1 aromatic rings. The van der Waals surface area contributed by atoms with Crippen LogP contribution in [0.15, 0.2) is 23.1 Å². The van der Waals surface area contributed by atoms with Crippen LogP contribution in [0.25, 0.3) is 0 Å². The number of piperazine rings is 1. The lowest BCUT2D eigenvalue weighted by Gasteiger charge is -2.36. The van der Waals surface area contributed by atoms with Gasteiger partial charge in [0.25, 0.3) is 0 Å². The quantitative estimate of drug-likeness (QED) is 0.704. The van der Waals surface area contributed by atoms with Crippen molar-refractivity contribution in [1.82, 2.24) is 14.1 Å². The standard InChI is InChI=1S/C21H30N4O4S/c1-3-22-10-12-23(13-11-22)21(27)20-15-17-14-18(6-7-19(17)25(20)16(2)26)30(28,29)24-8-4-5-9-24/h6-7,14,20H,3-5,8-13,15H2,1-2H3/t20-/m0/s1. The van der Waals surface area contributed by atoms with Crippen LogP contribution in [0.3, 0.4) is 0 Å². The molecular weight excluding hydrogens is 404 g/mol. The molecule has 0 N–H and O–H groups in total. The van der Waals surface area contributed by atoms with Crippen LogP contribution in [0.5, 0.6) is 0 Å². The fraction of sp³-hybridized carbons (Fsp3) is 0.619. The van der Waals surface area contributed by atoms with Gasteiger partial charge in [-0.15, -0.1) is 0 Å². The molecule has 0 saturated carbocycles. The molecule has 0 spiro atoms. The molecule has 0 bridgehead atoms. The minimum Gasteiger partial charge on any atom is -0.338 e. The first-order chi connectivity index (χ1) is 14.3. The van der Waals surface area contributed by atoms with Gasteiger partial charge in [-0.2, -0.15) is 4.31 Å². The van der Waals surface area contributed by atoms with Gasteiger partial charge in [0, 0.05) is 58.3 Å². The lowest BCUT2D eigenvalue weighted by molar-refractivity contribution is -0.135. The SMILES string of the molecule is CCN1CCN(C(=O)[C@@H]2Cc3cc(S(=O)(=O)N4CCCC4)ccc3N2C(C)=O)CC1. The number of likely N-dealkylation sites (N-methyl/N-ethyl adjacent to an activating group) is 1. The predicted molar refractivity (Wildman–Crippen MR) is 114 cm³/mol. The zero-order valence-corrected chi connectivity index (χ0v) is 18.5. The Balaban J connectivity index is 1.58. The molecule has 3 heterocycles. The number of rotatable bonds is 4. The van der Waals surface area contributed by atoms with E-state index < -0.39 is 16.1 Å². The normalized spacial score (nSPS) is 23.1. The molecule has 0 aliphatic carbocycles. The third-order valence-electron chi connectivity index (χ3n) is 6.49. The zero-order valence-electron chi connectivity index (χ0n) is 17.7. The van der Waals surface area contributed by atoms with E-state index in [0.29, 0.717) is 38.3 Å². The van der Waals surface area contributed by atoms with E-state index in [-0.39, 0.29) is 16.7 Å². The molecule has 4 rings (SSSR count). The summed E-state index contributed by atoms with van der Waals surface area (Å²) in [4.78, 5) is 31.6. The van der Waals surface area contributed by atoms with Crippen LogP contribution in [0.2, 0.25) is 0 Å². The van der Waals surface area contributed by atoms with Crippen LogP contribution < -0.4 is 4.90 Å². The number of anilines is 1. The van der Waals surface area contributed by atoms with E-state index in [1.807, 2.05) is 4.90 Å². The summed E-state index contributed by atoms with van der Waals surface area (Å²) < 4.78 is 27.4. The van der Waals surface area contributed by atoms with Crippen LogP contribution in [-0.4, -0.2) is 86.2 Å². The summed E-state index contributed by atoms with van der Waals surface area (Å²) in [5.41, 5.74) is 1.39. The van der Waals surface area contributed by atoms with Gasteiger partial charge in [-0.3, -0.25) is 14.5 Å². The van der Waals surface area contributed by atoms with Crippen molar-refractivity contribution in [2.45, 2.75) is 44.0 Å². The van der Waals surface area contributed by atoms with Crippen molar-refractivity contribution in [3.05, 3.63) is 23.8 Å². The molecule has 1 aromatic carbocycles. The van der Waals surface area contributed by atoms with Crippen LogP contribution in [0.4, 0.5) is 5.69 Å². The van der Waals surface area contributed by atoms with Crippen molar-refractivity contribution in [2.24, 2.45) is 0 Å². The Labute approximate surface area is 178 Å². The monoisotopic (exact) mass is 434 g/mol. The zero-order chi connectivity index (χ0) is 21.5. The Morgan fingerprint density at radius 3 is 2.30 bits per heavy atom. The summed E-state index contributed by atoms with van der Waals surface area (Å²) in [6.07, 6.45) is 2.11. The highest BCUT2D eigenvalue weighted by Crippen LogP contribution is 2.36. The lowest BCUT2D eigenvalue weighted by atomic mass is 10.1. The molecular formula is C21H30N4O4S. The molecule has 0 radical (unpaired) electrons. The first kappa shape index (κ1) is 21.3. The molecule has 9 heteroatoms. The molecule has 1 atom stereocenters. The lowest BCUT2D eigenvalue weighted by Crippen LogP contribution is -2.55. The number of hydrogen-bond acceptors (Lipinski definition) is 5.